The van der Waals surface area contributed by atoms with Crippen molar-refractivity contribution in [3.63, 3.8) is 0 Å². The molecular weight excluding hydrogens is 256 g/mol. The first-order valence-electron chi connectivity index (χ1n) is 4.91. The maximum atomic E-state index is 11.2. The van der Waals surface area contributed by atoms with Crippen LogP contribution in [0.25, 0.3) is 0 Å². The highest BCUT2D eigenvalue weighted by atomic mass is 32.2. The molecule has 0 amide bonds. The number of hydrogen-bond donors (Lipinski definition) is 3. The maximum Gasteiger partial charge on any atom is 0.343 e. The highest BCUT2D eigenvalue weighted by Crippen LogP contribution is 2.27. The van der Waals surface area contributed by atoms with E-state index in [0.29, 0.717) is 10.1 Å². The fourth-order valence-electron chi connectivity index (χ4n) is 1.33. The lowest BCUT2D eigenvalue weighted by Crippen LogP contribution is -2.12. The van der Waals surface area contributed by atoms with E-state index in [1.807, 2.05) is 0 Å². The second kappa shape index (κ2) is 4.57. The van der Waals surface area contributed by atoms with Crippen molar-refractivity contribution in [1.29, 1.82) is 0 Å². The van der Waals surface area contributed by atoms with Gasteiger partial charge < -0.3 is 10.8 Å². The van der Waals surface area contributed by atoms with Gasteiger partial charge in [-0.15, -0.1) is 5.10 Å². The first-order valence-corrected chi connectivity index (χ1v) is 5.72. The quantitative estimate of drug-likeness (QED) is 0.699. The third kappa shape index (κ3) is 2.23. The molecule has 2 rings (SSSR count). The molecule has 0 aliphatic heterocycles. The average molecular weight is 266 g/mol. The van der Waals surface area contributed by atoms with Gasteiger partial charge in [0.2, 0.25) is 0 Å². The van der Waals surface area contributed by atoms with E-state index in [9.17, 15) is 9.59 Å². The molecule has 4 N–H and O–H groups in total. The molecule has 0 aliphatic carbocycles. The van der Waals surface area contributed by atoms with Gasteiger partial charge in [-0.25, -0.2) is 14.7 Å². The molecule has 1 aromatic carbocycles. The summed E-state index contributed by atoms with van der Waals surface area (Å²) in [4.78, 5) is 22.7. The van der Waals surface area contributed by atoms with Crippen molar-refractivity contribution in [1.82, 2.24) is 14.8 Å². The van der Waals surface area contributed by atoms with E-state index in [1.165, 1.54) is 28.5 Å². The summed E-state index contributed by atoms with van der Waals surface area (Å²) in [6.45, 7) is 0. The van der Waals surface area contributed by atoms with Crippen molar-refractivity contribution in [3.05, 3.63) is 34.2 Å². The van der Waals surface area contributed by atoms with Crippen LogP contribution in [0.15, 0.2) is 33.0 Å². The monoisotopic (exact) mass is 266 g/mol. The van der Waals surface area contributed by atoms with E-state index in [4.69, 9.17) is 10.8 Å². The number of aromatic amines is 1. The molecule has 0 aliphatic rings. The number of anilines is 1. The highest BCUT2D eigenvalue weighted by molar-refractivity contribution is 7.99. The topological polar surface area (TPSA) is 114 Å². The molecule has 2 aromatic rings. The third-order valence-corrected chi connectivity index (χ3v) is 3.34. The number of hydrogen-bond acceptors (Lipinski definition) is 5. The Morgan fingerprint density at radius 3 is 2.78 bits per heavy atom. The zero-order chi connectivity index (χ0) is 13.3. The van der Waals surface area contributed by atoms with Crippen LogP contribution in [0.4, 0.5) is 5.69 Å². The van der Waals surface area contributed by atoms with Gasteiger partial charge >= 0.3 is 11.7 Å². The first kappa shape index (κ1) is 12.2. The van der Waals surface area contributed by atoms with Gasteiger partial charge in [-0.3, -0.25) is 4.57 Å². The van der Waals surface area contributed by atoms with Gasteiger partial charge in [-0.2, -0.15) is 0 Å². The summed E-state index contributed by atoms with van der Waals surface area (Å²) in [5, 5.41) is 15.5. The number of nitrogens with two attached hydrogens (primary N) is 1. The molecule has 0 spiro atoms. The van der Waals surface area contributed by atoms with Gasteiger partial charge in [0.15, 0.2) is 5.16 Å². The number of aromatic nitrogens is 3. The Hall–Kier alpha value is -2.22. The minimum absolute atomic E-state index is 0.0512. The SMILES string of the molecule is Cn1c(Sc2ccc(C(=O)O)c(N)c2)n[nH]c1=O. The van der Waals surface area contributed by atoms with E-state index in [2.05, 4.69) is 10.2 Å². The minimum Gasteiger partial charge on any atom is -0.478 e. The summed E-state index contributed by atoms with van der Waals surface area (Å²) in [7, 11) is 1.59. The fraction of sp³-hybridized carbons (Fsp3) is 0.100. The molecule has 0 unspecified atom stereocenters. The second-order valence-electron chi connectivity index (χ2n) is 3.53. The molecule has 0 fully saturated rings. The van der Waals surface area contributed by atoms with Gasteiger partial charge in [-0.05, 0) is 30.0 Å². The molecular formula is C10H10N4O3S. The van der Waals surface area contributed by atoms with Crippen molar-refractivity contribution in [2.45, 2.75) is 10.1 Å². The molecule has 1 heterocycles. The predicted molar refractivity (Wildman–Crippen MR) is 65.8 cm³/mol. The normalized spacial score (nSPS) is 10.5. The smallest absolute Gasteiger partial charge is 0.343 e. The standard InChI is InChI=1S/C10H10N4O3S/c1-14-9(17)12-13-10(14)18-5-2-3-6(8(15)16)7(11)4-5/h2-4H,11H2,1H3,(H,12,17)(H,15,16). The van der Waals surface area contributed by atoms with Gasteiger partial charge in [0.05, 0.1) is 5.56 Å². The zero-order valence-electron chi connectivity index (χ0n) is 9.38. The summed E-state index contributed by atoms with van der Waals surface area (Å²) in [5.41, 5.74) is 5.54. The Morgan fingerprint density at radius 2 is 2.28 bits per heavy atom. The van der Waals surface area contributed by atoms with E-state index >= 15 is 0 Å². The lowest BCUT2D eigenvalue weighted by Gasteiger charge is -2.04. The van der Waals surface area contributed by atoms with Crippen LogP contribution in [0, 0.1) is 0 Å². The van der Waals surface area contributed by atoms with Crippen LogP contribution >= 0.6 is 11.8 Å². The molecule has 7 nitrogen and oxygen atoms in total. The number of rotatable bonds is 3. The number of carbonyl (C=O) groups is 1. The van der Waals surface area contributed by atoms with Crippen LogP contribution in [0.5, 0.6) is 0 Å². The maximum absolute atomic E-state index is 11.2. The van der Waals surface area contributed by atoms with Crippen molar-refractivity contribution >= 4 is 23.4 Å². The van der Waals surface area contributed by atoms with Crippen molar-refractivity contribution < 1.29 is 9.90 Å². The Labute approximate surface area is 106 Å². The number of nitrogens with one attached hydrogen (secondary N) is 1. The fourth-order valence-corrected chi connectivity index (χ4v) is 2.17. The Kier molecular flexibility index (Phi) is 3.11. The van der Waals surface area contributed by atoms with Crippen LogP contribution in [-0.4, -0.2) is 25.8 Å². The third-order valence-electron chi connectivity index (χ3n) is 2.30. The molecule has 0 atom stereocenters. The summed E-state index contributed by atoms with van der Waals surface area (Å²) in [6, 6.07) is 4.57. The van der Waals surface area contributed by atoms with Crippen molar-refractivity contribution in [2.24, 2.45) is 7.05 Å². The Balaban J connectivity index is 2.31. The van der Waals surface area contributed by atoms with Crippen molar-refractivity contribution in [3.8, 4) is 0 Å². The number of nitrogens with zero attached hydrogens (tertiary/aromatic N) is 2. The predicted octanol–water partition coefficient (Wildman–Crippen LogP) is 0.540. The zero-order valence-corrected chi connectivity index (χ0v) is 10.2. The van der Waals surface area contributed by atoms with Crippen LogP contribution in [0.2, 0.25) is 0 Å². The van der Waals surface area contributed by atoms with Crippen LogP contribution in [0.1, 0.15) is 10.4 Å². The minimum atomic E-state index is -1.07. The highest BCUT2D eigenvalue weighted by Gasteiger charge is 2.11. The van der Waals surface area contributed by atoms with E-state index in [1.54, 1.807) is 13.1 Å². The molecule has 0 saturated carbocycles. The van der Waals surface area contributed by atoms with Crippen molar-refractivity contribution in [2.75, 3.05) is 5.73 Å². The van der Waals surface area contributed by atoms with E-state index < -0.39 is 5.97 Å². The van der Waals surface area contributed by atoms with E-state index in [0.717, 1.165) is 0 Å². The summed E-state index contributed by atoms with van der Waals surface area (Å²) in [6.07, 6.45) is 0. The lowest BCUT2D eigenvalue weighted by atomic mass is 10.2. The summed E-state index contributed by atoms with van der Waals surface area (Å²) < 4.78 is 1.35. The molecule has 8 heteroatoms. The number of carboxylic acids is 1. The molecule has 0 saturated heterocycles. The van der Waals surface area contributed by atoms with Gasteiger partial charge in [-0.1, -0.05) is 0 Å². The van der Waals surface area contributed by atoms with Gasteiger partial charge in [0.1, 0.15) is 0 Å². The molecule has 0 bridgehead atoms. The molecule has 0 radical (unpaired) electrons. The van der Waals surface area contributed by atoms with Gasteiger partial charge in [0, 0.05) is 17.6 Å². The number of H-pyrrole nitrogens is 1. The number of aromatic carboxylic acids is 1. The second-order valence-corrected chi connectivity index (χ2v) is 4.57. The van der Waals surface area contributed by atoms with Crippen LogP contribution in [-0.2, 0) is 7.05 Å². The van der Waals surface area contributed by atoms with Crippen LogP contribution < -0.4 is 11.4 Å². The molecule has 94 valence electrons. The summed E-state index contributed by atoms with van der Waals surface area (Å²) in [5.74, 6) is -1.07. The Morgan fingerprint density at radius 1 is 1.56 bits per heavy atom. The van der Waals surface area contributed by atoms with Gasteiger partial charge in [0.25, 0.3) is 0 Å². The molecule has 1 aromatic heterocycles. The number of carboxylic acid groups (broad SMARTS) is 1. The Bertz CT molecular complexity index is 661. The summed E-state index contributed by atoms with van der Waals surface area (Å²) >= 11 is 1.22. The largest absolute Gasteiger partial charge is 0.478 e. The molecule has 18 heavy (non-hydrogen) atoms. The number of benzene rings is 1. The van der Waals surface area contributed by atoms with Crippen LogP contribution in [0.3, 0.4) is 0 Å². The lowest BCUT2D eigenvalue weighted by molar-refractivity contribution is 0.0698. The average Bonchev–Trinajstić information content (AvgIpc) is 2.61. The van der Waals surface area contributed by atoms with E-state index in [-0.39, 0.29) is 16.9 Å². The number of nitrogen functional groups attached to an aromatic ring is 1. The first-order chi connectivity index (χ1) is 8.49.